The van der Waals surface area contributed by atoms with Crippen LogP contribution in [0.25, 0.3) is 5.57 Å². The zero-order valence-corrected chi connectivity index (χ0v) is 22.8. The third-order valence-electron chi connectivity index (χ3n) is 7.04. The number of nitrogens with zero attached hydrogens (tertiary/aromatic N) is 2. The van der Waals surface area contributed by atoms with Gasteiger partial charge in [0.15, 0.2) is 0 Å². The summed E-state index contributed by atoms with van der Waals surface area (Å²) in [4.78, 5) is 20.3. The number of pyridine rings is 2. The van der Waals surface area contributed by atoms with E-state index in [1.165, 1.54) is 0 Å². The molecule has 210 valence electrons. The number of amides is 1. The fourth-order valence-electron chi connectivity index (χ4n) is 5.24. The van der Waals surface area contributed by atoms with Gasteiger partial charge in [0.2, 0.25) is 5.88 Å². The normalized spacial score (nSPS) is 20.1. The van der Waals surface area contributed by atoms with Gasteiger partial charge in [-0.15, -0.1) is 0 Å². The number of methoxy groups -OCH3 is 1. The number of aryl methyl sites for hydroxylation is 2. The zero-order valence-electron chi connectivity index (χ0n) is 22.0. The molecule has 2 aliphatic rings. The van der Waals surface area contributed by atoms with Crippen molar-refractivity contribution in [2.45, 2.75) is 45.1 Å². The van der Waals surface area contributed by atoms with E-state index in [2.05, 4.69) is 15.3 Å². The van der Waals surface area contributed by atoms with Crippen molar-refractivity contribution in [3.05, 3.63) is 87.5 Å². The lowest BCUT2D eigenvalue weighted by Crippen LogP contribution is -2.29. The van der Waals surface area contributed by atoms with E-state index in [-0.39, 0.29) is 34.9 Å². The monoisotopic (exact) mass is 573 g/mol. The highest BCUT2D eigenvalue weighted by molar-refractivity contribution is 6.31. The zero-order chi connectivity index (χ0) is 28.6. The summed E-state index contributed by atoms with van der Waals surface area (Å²) in [5, 5.41) is 2.69. The minimum absolute atomic E-state index is 0.0395. The minimum Gasteiger partial charge on any atom is -0.500 e. The number of nitrogens with one attached hydrogen (secondary N) is 1. The number of benzene rings is 1. The predicted octanol–water partition coefficient (Wildman–Crippen LogP) is 6.52. The molecule has 3 atom stereocenters. The predicted molar refractivity (Wildman–Crippen MR) is 142 cm³/mol. The molecule has 0 bridgehead atoms. The van der Waals surface area contributed by atoms with E-state index in [0.717, 1.165) is 40.5 Å². The summed E-state index contributed by atoms with van der Waals surface area (Å²) in [5.74, 6) is 0.903. The maximum Gasteiger partial charge on any atom is 0.417 e. The molecule has 1 fully saturated rings. The maximum atomic E-state index is 13.0. The summed E-state index contributed by atoms with van der Waals surface area (Å²) in [6.07, 6.45) is -0.865. The standard InChI is InChI=1S/C29H27ClF3N3O4/c1-15-10-19(39-28-20(30)13-18(14-36-28)29(31,32)33)11-16(2)23(15)24-25(38-3)17(12-22-26(24)40-22)7-9-35-27(37)21-6-4-5-8-34-21/h4-6,8,10-11,13-14,17,22,26H,7,9,12H2,1-3H3,(H,35,37). The van der Waals surface area contributed by atoms with Crippen molar-refractivity contribution in [3.8, 4) is 11.6 Å². The summed E-state index contributed by atoms with van der Waals surface area (Å²) in [7, 11) is 1.64. The Morgan fingerprint density at radius 1 is 1.18 bits per heavy atom. The van der Waals surface area contributed by atoms with Crippen LogP contribution in [0.15, 0.2) is 54.6 Å². The van der Waals surface area contributed by atoms with Crippen LogP contribution < -0.4 is 10.1 Å². The first kappa shape index (κ1) is 27.9. The molecule has 0 spiro atoms. The summed E-state index contributed by atoms with van der Waals surface area (Å²) < 4.78 is 56.6. The van der Waals surface area contributed by atoms with Gasteiger partial charge in [0.25, 0.3) is 5.91 Å². The molecule has 1 amide bonds. The molecule has 40 heavy (non-hydrogen) atoms. The molecule has 0 radical (unpaired) electrons. The van der Waals surface area contributed by atoms with Gasteiger partial charge in [0.1, 0.15) is 28.3 Å². The van der Waals surface area contributed by atoms with E-state index in [1.807, 2.05) is 13.8 Å². The third-order valence-corrected chi connectivity index (χ3v) is 7.31. The van der Waals surface area contributed by atoms with Crippen molar-refractivity contribution in [2.75, 3.05) is 13.7 Å². The molecule has 0 saturated carbocycles. The van der Waals surface area contributed by atoms with Gasteiger partial charge in [0.05, 0.1) is 18.8 Å². The Hall–Kier alpha value is -3.63. The van der Waals surface area contributed by atoms with Crippen molar-refractivity contribution in [2.24, 2.45) is 5.92 Å². The molecular formula is C29H27ClF3N3O4. The average molecular weight is 574 g/mol. The molecule has 2 aromatic heterocycles. The van der Waals surface area contributed by atoms with Crippen LogP contribution in [0, 0.1) is 19.8 Å². The number of rotatable bonds is 8. The van der Waals surface area contributed by atoms with E-state index in [0.29, 0.717) is 30.6 Å². The molecule has 11 heteroatoms. The van der Waals surface area contributed by atoms with Gasteiger partial charge >= 0.3 is 6.18 Å². The van der Waals surface area contributed by atoms with Gasteiger partial charge in [-0.25, -0.2) is 4.98 Å². The Morgan fingerprint density at radius 3 is 2.55 bits per heavy atom. The van der Waals surface area contributed by atoms with Crippen LogP contribution in [0.2, 0.25) is 5.02 Å². The Bertz CT molecular complexity index is 1440. The highest BCUT2D eigenvalue weighted by atomic mass is 35.5. The van der Waals surface area contributed by atoms with Crippen LogP contribution in [0.1, 0.15) is 45.6 Å². The molecule has 3 unspecified atom stereocenters. The van der Waals surface area contributed by atoms with Crippen LogP contribution >= 0.6 is 11.6 Å². The molecule has 7 nitrogen and oxygen atoms in total. The maximum absolute atomic E-state index is 13.0. The second kappa shape index (κ2) is 11.1. The number of allylic oxidation sites excluding steroid dienone is 1. The minimum atomic E-state index is -4.55. The Kier molecular flexibility index (Phi) is 7.74. The number of hydrogen-bond donors (Lipinski definition) is 1. The number of carbonyl (C=O) groups excluding carboxylic acids is 1. The van der Waals surface area contributed by atoms with Gasteiger partial charge in [-0.2, -0.15) is 13.2 Å². The van der Waals surface area contributed by atoms with Crippen molar-refractivity contribution >= 4 is 23.1 Å². The Morgan fingerprint density at radius 2 is 1.93 bits per heavy atom. The number of carbonyl (C=O) groups is 1. The highest BCUT2D eigenvalue weighted by Crippen LogP contribution is 2.50. The van der Waals surface area contributed by atoms with Crippen molar-refractivity contribution < 1.29 is 32.2 Å². The Balaban J connectivity index is 1.36. The number of alkyl halides is 3. The largest absolute Gasteiger partial charge is 0.500 e. The van der Waals surface area contributed by atoms with E-state index >= 15 is 0 Å². The molecule has 1 aliphatic heterocycles. The van der Waals surface area contributed by atoms with Crippen molar-refractivity contribution in [1.29, 1.82) is 0 Å². The number of epoxide rings is 1. The number of halogens is 4. The first-order chi connectivity index (χ1) is 19.1. The third kappa shape index (κ3) is 5.78. The van der Waals surface area contributed by atoms with Crippen LogP contribution in [0.4, 0.5) is 13.2 Å². The van der Waals surface area contributed by atoms with Crippen LogP contribution in [0.3, 0.4) is 0 Å². The van der Waals surface area contributed by atoms with E-state index < -0.39 is 11.7 Å². The molecule has 1 N–H and O–H groups in total. The number of hydrogen-bond acceptors (Lipinski definition) is 6. The van der Waals surface area contributed by atoms with Crippen LogP contribution in [-0.2, 0) is 15.7 Å². The van der Waals surface area contributed by atoms with Gasteiger partial charge in [-0.1, -0.05) is 17.7 Å². The lowest BCUT2D eigenvalue weighted by molar-refractivity contribution is -0.137. The molecule has 1 aliphatic carbocycles. The summed E-state index contributed by atoms with van der Waals surface area (Å²) in [5.41, 5.74) is 3.09. The number of fused-ring (bicyclic) bond motifs is 1. The first-order valence-corrected chi connectivity index (χ1v) is 13.1. The number of ether oxygens (including phenoxy) is 3. The molecule has 1 saturated heterocycles. The average Bonchev–Trinajstić information content (AvgIpc) is 3.68. The van der Waals surface area contributed by atoms with Gasteiger partial charge < -0.3 is 19.5 Å². The lowest BCUT2D eigenvalue weighted by atomic mass is 9.81. The van der Waals surface area contributed by atoms with Crippen molar-refractivity contribution in [1.82, 2.24) is 15.3 Å². The molecule has 3 heterocycles. The van der Waals surface area contributed by atoms with E-state index in [4.69, 9.17) is 25.8 Å². The fourth-order valence-corrected chi connectivity index (χ4v) is 5.44. The highest BCUT2D eigenvalue weighted by Gasteiger charge is 2.50. The summed E-state index contributed by atoms with van der Waals surface area (Å²) in [6.45, 7) is 4.29. The van der Waals surface area contributed by atoms with E-state index in [1.54, 1.807) is 43.6 Å². The van der Waals surface area contributed by atoms with E-state index in [9.17, 15) is 18.0 Å². The quantitative estimate of drug-likeness (QED) is 0.309. The lowest BCUT2D eigenvalue weighted by Gasteiger charge is -2.27. The molecule has 3 aromatic rings. The fraction of sp³-hybridized carbons (Fsp3) is 0.345. The van der Waals surface area contributed by atoms with Crippen LogP contribution in [0.5, 0.6) is 11.6 Å². The molecular weight excluding hydrogens is 547 g/mol. The molecule has 5 rings (SSSR count). The summed E-state index contributed by atoms with van der Waals surface area (Å²) in [6, 6.07) is 9.54. The first-order valence-electron chi connectivity index (χ1n) is 12.7. The van der Waals surface area contributed by atoms with Crippen LogP contribution in [-0.4, -0.2) is 41.7 Å². The summed E-state index contributed by atoms with van der Waals surface area (Å²) >= 11 is 6.03. The topological polar surface area (TPSA) is 85.9 Å². The van der Waals surface area contributed by atoms with Crippen molar-refractivity contribution in [3.63, 3.8) is 0 Å². The SMILES string of the molecule is COC1=C(c2c(C)cc(Oc3ncc(C(F)(F)F)cc3Cl)cc2C)C2OC2CC1CCNC(=O)c1ccccn1. The smallest absolute Gasteiger partial charge is 0.417 e. The second-order valence-electron chi connectivity index (χ2n) is 9.81. The van der Waals surface area contributed by atoms with Gasteiger partial charge in [-0.3, -0.25) is 9.78 Å². The number of aromatic nitrogens is 2. The molecule has 1 aromatic carbocycles. The Labute approximate surface area is 234 Å². The van der Waals surface area contributed by atoms with Gasteiger partial charge in [-0.05, 0) is 73.7 Å². The van der Waals surface area contributed by atoms with Gasteiger partial charge in [0, 0.05) is 30.4 Å². The second-order valence-corrected chi connectivity index (χ2v) is 10.2.